The molecule has 2 saturated heterocycles. The fraction of sp³-hybridized carbons (Fsp3) is 0.625. The third kappa shape index (κ3) is 3.18. The first-order chi connectivity index (χ1) is 9.72. The molecule has 0 aromatic heterocycles. The van der Waals surface area contributed by atoms with Gasteiger partial charge in [0.05, 0.1) is 5.60 Å². The Morgan fingerprint density at radius 3 is 3.10 bits per heavy atom. The van der Waals surface area contributed by atoms with Crippen molar-refractivity contribution in [2.75, 3.05) is 25.2 Å². The molecule has 2 aliphatic rings. The summed E-state index contributed by atoms with van der Waals surface area (Å²) in [6.07, 6.45) is 3.61. The van der Waals surface area contributed by atoms with Crippen LogP contribution in [0.25, 0.3) is 0 Å². The lowest BCUT2D eigenvalue weighted by Gasteiger charge is -2.41. The van der Waals surface area contributed by atoms with E-state index in [1.807, 2.05) is 0 Å². The molecule has 2 fully saturated rings. The fourth-order valence-electron chi connectivity index (χ4n) is 3.59. The molecule has 0 radical (unpaired) electrons. The predicted octanol–water partition coefficient (Wildman–Crippen LogP) is 3.85. The normalized spacial score (nSPS) is 31.6. The third-order valence-corrected chi connectivity index (χ3v) is 6.48. The van der Waals surface area contributed by atoms with E-state index in [0.29, 0.717) is 12.0 Å². The van der Waals surface area contributed by atoms with Crippen molar-refractivity contribution in [2.45, 2.75) is 30.9 Å². The van der Waals surface area contributed by atoms with Crippen molar-refractivity contribution >= 4 is 34.4 Å². The second-order valence-electron chi connectivity index (χ2n) is 5.91. The van der Waals surface area contributed by atoms with Gasteiger partial charge in [0, 0.05) is 22.0 Å². The first kappa shape index (κ1) is 15.1. The summed E-state index contributed by atoms with van der Waals surface area (Å²) in [4.78, 5) is 0. The Morgan fingerprint density at radius 2 is 2.40 bits per heavy atom. The van der Waals surface area contributed by atoms with E-state index in [4.69, 9.17) is 4.74 Å². The van der Waals surface area contributed by atoms with Crippen LogP contribution in [0, 0.1) is 9.49 Å². The minimum atomic E-state index is 0.171. The number of hydrogen-bond donors (Lipinski definition) is 1. The lowest BCUT2D eigenvalue weighted by atomic mass is 9.79. The molecule has 20 heavy (non-hydrogen) atoms. The van der Waals surface area contributed by atoms with E-state index in [2.05, 4.69) is 71.0 Å². The van der Waals surface area contributed by atoms with Gasteiger partial charge in [0.25, 0.3) is 0 Å². The van der Waals surface area contributed by atoms with Gasteiger partial charge in [0.15, 0.2) is 0 Å². The molecule has 0 saturated carbocycles. The van der Waals surface area contributed by atoms with Crippen LogP contribution < -0.4 is 5.32 Å². The van der Waals surface area contributed by atoms with Crippen LogP contribution in [-0.2, 0) is 4.74 Å². The summed E-state index contributed by atoms with van der Waals surface area (Å²) in [7, 11) is 2.09. The molecule has 1 aromatic rings. The predicted molar refractivity (Wildman–Crippen MR) is 94.3 cm³/mol. The van der Waals surface area contributed by atoms with Crippen molar-refractivity contribution in [3.63, 3.8) is 0 Å². The van der Waals surface area contributed by atoms with Gasteiger partial charge in [-0.3, -0.25) is 0 Å². The van der Waals surface area contributed by atoms with Crippen LogP contribution in [0.5, 0.6) is 0 Å². The van der Waals surface area contributed by atoms with Crippen molar-refractivity contribution in [1.82, 2.24) is 5.32 Å². The van der Waals surface area contributed by atoms with Gasteiger partial charge in [-0.15, -0.1) is 0 Å². The van der Waals surface area contributed by atoms with E-state index in [1.54, 1.807) is 0 Å². The van der Waals surface area contributed by atoms with Crippen LogP contribution in [0.2, 0.25) is 0 Å². The first-order valence-electron chi connectivity index (χ1n) is 7.37. The van der Waals surface area contributed by atoms with Gasteiger partial charge in [-0.25, -0.2) is 0 Å². The number of thioether (sulfide) groups is 1. The third-order valence-electron chi connectivity index (χ3n) is 4.59. The van der Waals surface area contributed by atoms with Gasteiger partial charge in [-0.2, -0.15) is 11.8 Å². The summed E-state index contributed by atoms with van der Waals surface area (Å²) in [5.41, 5.74) is 1.59. The molecule has 3 rings (SSSR count). The zero-order valence-electron chi connectivity index (χ0n) is 11.9. The van der Waals surface area contributed by atoms with E-state index >= 15 is 0 Å². The fourth-order valence-corrected chi connectivity index (χ4v) is 5.53. The number of ether oxygens (including phenoxy) is 1. The Bertz CT molecular complexity index is 462. The Morgan fingerprint density at radius 1 is 1.50 bits per heavy atom. The average molecular weight is 403 g/mol. The maximum absolute atomic E-state index is 6.16. The van der Waals surface area contributed by atoms with Crippen LogP contribution >= 0.6 is 34.4 Å². The summed E-state index contributed by atoms with van der Waals surface area (Å²) in [6.45, 7) is 0.924. The summed E-state index contributed by atoms with van der Waals surface area (Å²) in [5, 5.41) is 3.56. The SMILES string of the molecule is CNC(c1cccc(I)c1)C1CCOC2(CCSC2)C1. The Labute approximate surface area is 139 Å². The van der Waals surface area contributed by atoms with Crippen molar-refractivity contribution in [1.29, 1.82) is 0 Å². The average Bonchev–Trinajstić information content (AvgIpc) is 2.88. The molecule has 2 heterocycles. The number of halogens is 1. The van der Waals surface area contributed by atoms with Gasteiger partial charge in [-0.05, 0) is 78.3 Å². The van der Waals surface area contributed by atoms with Gasteiger partial charge in [0.1, 0.15) is 0 Å². The van der Waals surface area contributed by atoms with Crippen molar-refractivity contribution < 1.29 is 4.74 Å². The number of benzene rings is 1. The number of rotatable bonds is 3. The molecule has 1 aromatic carbocycles. The Balaban J connectivity index is 1.78. The van der Waals surface area contributed by atoms with Crippen LogP contribution in [0.1, 0.15) is 30.9 Å². The molecule has 4 heteroatoms. The van der Waals surface area contributed by atoms with Gasteiger partial charge in [0.2, 0.25) is 0 Å². The lowest BCUT2D eigenvalue weighted by Crippen LogP contribution is -2.43. The molecule has 3 atom stereocenters. The maximum atomic E-state index is 6.16. The number of nitrogens with one attached hydrogen (secondary N) is 1. The molecule has 1 N–H and O–H groups in total. The lowest BCUT2D eigenvalue weighted by molar-refractivity contribution is -0.0850. The molecule has 0 bridgehead atoms. The van der Waals surface area contributed by atoms with Crippen molar-refractivity contribution in [2.24, 2.45) is 5.92 Å². The van der Waals surface area contributed by atoms with Crippen molar-refractivity contribution in [3.05, 3.63) is 33.4 Å². The largest absolute Gasteiger partial charge is 0.374 e. The standard InChI is InChI=1S/C16H22INOS/c1-18-15(12-3-2-4-14(17)9-12)13-5-7-19-16(10-13)6-8-20-11-16/h2-4,9,13,15,18H,5-8,10-11H2,1H3. The van der Waals surface area contributed by atoms with Gasteiger partial charge in [-0.1, -0.05) is 12.1 Å². The molecule has 0 amide bonds. The molecular formula is C16H22INOS. The highest BCUT2D eigenvalue weighted by molar-refractivity contribution is 14.1. The Kier molecular flexibility index (Phi) is 4.95. The molecular weight excluding hydrogens is 381 g/mol. The van der Waals surface area contributed by atoms with Gasteiger partial charge >= 0.3 is 0 Å². The molecule has 0 aliphatic carbocycles. The summed E-state index contributed by atoms with van der Waals surface area (Å²) < 4.78 is 7.48. The van der Waals surface area contributed by atoms with Crippen LogP contribution in [0.4, 0.5) is 0 Å². The second kappa shape index (κ2) is 6.55. The molecule has 1 spiro atoms. The highest BCUT2D eigenvalue weighted by atomic mass is 127. The van der Waals surface area contributed by atoms with E-state index in [0.717, 1.165) is 6.61 Å². The van der Waals surface area contributed by atoms with Crippen LogP contribution in [0.3, 0.4) is 0 Å². The highest BCUT2D eigenvalue weighted by Gasteiger charge is 2.42. The van der Waals surface area contributed by atoms with E-state index < -0.39 is 0 Å². The zero-order chi connectivity index (χ0) is 14.0. The van der Waals surface area contributed by atoms with E-state index in [-0.39, 0.29) is 5.60 Å². The molecule has 2 aliphatic heterocycles. The monoisotopic (exact) mass is 403 g/mol. The zero-order valence-corrected chi connectivity index (χ0v) is 14.9. The second-order valence-corrected chi connectivity index (χ2v) is 8.26. The topological polar surface area (TPSA) is 21.3 Å². The minimum absolute atomic E-state index is 0.171. The summed E-state index contributed by atoms with van der Waals surface area (Å²) >= 11 is 4.45. The molecule has 3 unspecified atom stereocenters. The van der Waals surface area contributed by atoms with E-state index in [1.165, 1.54) is 39.9 Å². The van der Waals surface area contributed by atoms with Crippen molar-refractivity contribution in [3.8, 4) is 0 Å². The van der Waals surface area contributed by atoms with E-state index in [9.17, 15) is 0 Å². The smallest absolute Gasteiger partial charge is 0.0783 e. The maximum Gasteiger partial charge on any atom is 0.0783 e. The quantitative estimate of drug-likeness (QED) is 0.775. The first-order valence-corrected chi connectivity index (χ1v) is 9.60. The minimum Gasteiger partial charge on any atom is -0.374 e. The Hall–Kier alpha value is 0.220. The summed E-state index contributed by atoms with van der Waals surface area (Å²) in [6, 6.07) is 9.36. The van der Waals surface area contributed by atoms with Crippen LogP contribution in [-0.4, -0.2) is 30.8 Å². The highest BCUT2D eigenvalue weighted by Crippen LogP contribution is 2.44. The molecule has 110 valence electrons. The number of hydrogen-bond acceptors (Lipinski definition) is 3. The van der Waals surface area contributed by atoms with Crippen LogP contribution in [0.15, 0.2) is 24.3 Å². The summed E-state index contributed by atoms with van der Waals surface area (Å²) in [5.74, 6) is 3.14. The molecule has 2 nitrogen and oxygen atoms in total. The van der Waals surface area contributed by atoms with Gasteiger partial charge < -0.3 is 10.1 Å².